The van der Waals surface area contributed by atoms with E-state index in [1.54, 1.807) is 32.0 Å². The van der Waals surface area contributed by atoms with Crippen LogP contribution in [0.25, 0.3) is 0 Å². The monoisotopic (exact) mass is 238 g/mol. The Hall–Kier alpha value is -1.29. The van der Waals surface area contributed by atoms with Crippen molar-refractivity contribution in [2.45, 2.75) is 18.7 Å². The minimum absolute atomic E-state index is 0.477. The van der Waals surface area contributed by atoms with Crippen molar-refractivity contribution in [2.75, 3.05) is 5.75 Å². The van der Waals surface area contributed by atoms with Gasteiger partial charge in [-0.3, -0.25) is 9.59 Å². The molecule has 1 rings (SSSR count). The van der Waals surface area contributed by atoms with Crippen molar-refractivity contribution in [3.8, 4) is 0 Å². The molecule has 86 valence electrons. The molecule has 0 heterocycles. The molecule has 0 saturated carbocycles. The van der Waals surface area contributed by atoms with Crippen molar-refractivity contribution in [3.63, 3.8) is 0 Å². The number of carbonyl (C=O) groups excluding carboxylic acids is 1. The highest BCUT2D eigenvalue weighted by Gasteiger charge is 2.26. The Morgan fingerprint density at radius 3 is 2.75 bits per heavy atom. The van der Waals surface area contributed by atoms with Crippen LogP contribution in [0.4, 0.5) is 0 Å². The quantitative estimate of drug-likeness (QED) is 0.633. The molecule has 0 aliphatic carbocycles. The Labute approximate surface area is 98.9 Å². The number of rotatable bonds is 5. The van der Waals surface area contributed by atoms with Gasteiger partial charge in [0, 0.05) is 16.2 Å². The molecule has 0 spiro atoms. The minimum Gasteiger partial charge on any atom is -0.481 e. The van der Waals surface area contributed by atoms with Gasteiger partial charge in [0.1, 0.15) is 6.29 Å². The molecule has 0 bridgehead atoms. The van der Waals surface area contributed by atoms with Crippen molar-refractivity contribution in [2.24, 2.45) is 5.41 Å². The van der Waals surface area contributed by atoms with Crippen LogP contribution in [0.1, 0.15) is 24.2 Å². The Balaban J connectivity index is 2.67. The van der Waals surface area contributed by atoms with Crippen LogP contribution in [0, 0.1) is 5.41 Å². The summed E-state index contributed by atoms with van der Waals surface area (Å²) in [6, 6.07) is 7.14. The summed E-state index contributed by atoms with van der Waals surface area (Å²) in [6.45, 7) is 3.37. The number of thioether (sulfide) groups is 1. The van der Waals surface area contributed by atoms with Crippen LogP contribution in [0.15, 0.2) is 29.2 Å². The first kappa shape index (κ1) is 12.8. The number of aliphatic carboxylic acids is 1. The Morgan fingerprint density at radius 1 is 1.50 bits per heavy atom. The maximum absolute atomic E-state index is 10.9. The van der Waals surface area contributed by atoms with Crippen LogP contribution in [0.3, 0.4) is 0 Å². The molecule has 1 N–H and O–H groups in total. The number of carbonyl (C=O) groups is 2. The zero-order valence-corrected chi connectivity index (χ0v) is 10.1. The predicted octanol–water partition coefficient (Wildman–Crippen LogP) is 2.70. The number of carboxylic acids is 1. The molecule has 0 saturated heterocycles. The first-order chi connectivity index (χ1) is 7.45. The lowest BCUT2D eigenvalue weighted by Gasteiger charge is -2.18. The van der Waals surface area contributed by atoms with E-state index >= 15 is 0 Å². The molecule has 0 atom stereocenters. The summed E-state index contributed by atoms with van der Waals surface area (Å²) in [7, 11) is 0. The second-order valence-electron chi connectivity index (χ2n) is 4.17. The van der Waals surface area contributed by atoms with E-state index < -0.39 is 11.4 Å². The van der Waals surface area contributed by atoms with Crippen molar-refractivity contribution in [3.05, 3.63) is 29.8 Å². The maximum atomic E-state index is 10.9. The Kier molecular flexibility index (Phi) is 4.12. The van der Waals surface area contributed by atoms with E-state index in [2.05, 4.69) is 0 Å². The first-order valence-corrected chi connectivity index (χ1v) is 5.86. The number of benzene rings is 1. The van der Waals surface area contributed by atoms with Crippen molar-refractivity contribution < 1.29 is 14.7 Å². The summed E-state index contributed by atoms with van der Waals surface area (Å²) >= 11 is 1.45. The predicted molar refractivity (Wildman–Crippen MR) is 64.0 cm³/mol. The molecule has 0 aliphatic heterocycles. The van der Waals surface area contributed by atoms with Gasteiger partial charge in [0.25, 0.3) is 0 Å². The average Bonchev–Trinajstić information content (AvgIpc) is 2.26. The van der Waals surface area contributed by atoms with E-state index in [0.717, 1.165) is 11.2 Å². The molecule has 3 nitrogen and oxygen atoms in total. The number of aldehydes is 1. The summed E-state index contributed by atoms with van der Waals surface area (Å²) in [5.74, 6) is -0.337. The molecule has 0 aliphatic rings. The lowest BCUT2D eigenvalue weighted by molar-refractivity contribution is -0.145. The van der Waals surface area contributed by atoms with Crippen molar-refractivity contribution in [1.82, 2.24) is 0 Å². The van der Waals surface area contributed by atoms with Crippen LogP contribution in [-0.2, 0) is 4.79 Å². The van der Waals surface area contributed by atoms with Crippen LogP contribution in [-0.4, -0.2) is 23.1 Å². The van der Waals surface area contributed by atoms with E-state index in [9.17, 15) is 9.59 Å². The maximum Gasteiger partial charge on any atom is 0.309 e. The zero-order valence-electron chi connectivity index (χ0n) is 9.27. The summed E-state index contributed by atoms with van der Waals surface area (Å²) in [5, 5.41) is 8.95. The van der Waals surface area contributed by atoms with Gasteiger partial charge in [-0.15, -0.1) is 11.8 Å². The number of hydrogen-bond acceptors (Lipinski definition) is 3. The highest BCUT2D eigenvalue weighted by Crippen LogP contribution is 2.28. The van der Waals surface area contributed by atoms with Gasteiger partial charge in [0.2, 0.25) is 0 Å². The smallest absolute Gasteiger partial charge is 0.309 e. The molecular weight excluding hydrogens is 224 g/mol. The summed E-state index contributed by atoms with van der Waals surface area (Å²) in [5.41, 5.74) is -0.153. The summed E-state index contributed by atoms with van der Waals surface area (Å²) in [6.07, 6.45) is 0.784. The van der Waals surface area contributed by atoms with Crippen molar-refractivity contribution >= 4 is 24.0 Å². The topological polar surface area (TPSA) is 54.4 Å². The third kappa shape index (κ3) is 3.38. The van der Waals surface area contributed by atoms with Gasteiger partial charge in [-0.1, -0.05) is 12.1 Å². The van der Waals surface area contributed by atoms with Gasteiger partial charge < -0.3 is 5.11 Å². The molecule has 0 aromatic heterocycles. The normalized spacial score (nSPS) is 11.1. The van der Waals surface area contributed by atoms with Crippen LogP contribution in [0.5, 0.6) is 0 Å². The molecule has 1 aromatic carbocycles. The van der Waals surface area contributed by atoms with E-state index in [1.807, 2.05) is 6.07 Å². The summed E-state index contributed by atoms with van der Waals surface area (Å²) in [4.78, 5) is 22.4. The van der Waals surface area contributed by atoms with Gasteiger partial charge >= 0.3 is 5.97 Å². The molecule has 0 unspecified atom stereocenters. The largest absolute Gasteiger partial charge is 0.481 e. The highest BCUT2D eigenvalue weighted by molar-refractivity contribution is 7.99. The molecule has 0 amide bonds. The van der Waals surface area contributed by atoms with Crippen LogP contribution in [0.2, 0.25) is 0 Å². The standard InChI is InChI=1S/C12H14O3S/c1-12(2,11(14)15)8-16-10-5-3-4-9(6-10)7-13/h3-7H,8H2,1-2H3,(H,14,15). The molecule has 1 aromatic rings. The third-order valence-corrected chi connectivity index (χ3v) is 3.63. The second-order valence-corrected chi connectivity index (χ2v) is 5.22. The van der Waals surface area contributed by atoms with E-state index in [0.29, 0.717) is 11.3 Å². The molecule has 0 radical (unpaired) electrons. The molecule has 0 fully saturated rings. The lowest BCUT2D eigenvalue weighted by atomic mass is 9.97. The number of carboxylic acid groups (broad SMARTS) is 1. The van der Waals surface area contributed by atoms with E-state index in [4.69, 9.17) is 5.11 Å². The number of hydrogen-bond donors (Lipinski definition) is 1. The fourth-order valence-corrected chi connectivity index (χ4v) is 2.05. The Bertz CT molecular complexity index is 399. The molecule has 16 heavy (non-hydrogen) atoms. The van der Waals surface area contributed by atoms with Gasteiger partial charge in [-0.25, -0.2) is 0 Å². The third-order valence-electron chi connectivity index (χ3n) is 2.17. The van der Waals surface area contributed by atoms with Crippen molar-refractivity contribution in [1.29, 1.82) is 0 Å². The van der Waals surface area contributed by atoms with Gasteiger partial charge in [0.05, 0.1) is 5.41 Å². The SMILES string of the molecule is CC(C)(CSc1cccc(C=O)c1)C(=O)O. The highest BCUT2D eigenvalue weighted by atomic mass is 32.2. The zero-order chi connectivity index (χ0) is 12.2. The molecular formula is C12H14O3S. The van der Waals surface area contributed by atoms with Crippen LogP contribution < -0.4 is 0 Å². The lowest BCUT2D eigenvalue weighted by Crippen LogP contribution is -2.26. The Morgan fingerprint density at radius 2 is 2.19 bits per heavy atom. The van der Waals surface area contributed by atoms with Gasteiger partial charge in [0.15, 0.2) is 0 Å². The average molecular weight is 238 g/mol. The van der Waals surface area contributed by atoms with Crippen LogP contribution >= 0.6 is 11.8 Å². The summed E-state index contributed by atoms with van der Waals surface area (Å²) < 4.78 is 0. The van der Waals surface area contributed by atoms with E-state index in [-0.39, 0.29) is 0 Å². The van der Waals surface area contributed by atoms with Gasteiger partial charge in [-0.05, 0) is 26.0 Å². The molecule has 4 heteroatoms. The fraction of sp³-hybridized carbons (Fsp3) is 0.333. The first-order valence-electron chi connectivity index (χ1n) is 4.87. The second kappa shape index (κ2) is 5.16. The van der Waals surface area contributed by atoms with E-state index in [1.165, 1.54) is 11.8 Å². The fourth-order valence-electron chi connectivity index (χ4n) is 1.00. The van der Waals surface area contributed by atoms with Gasteiger partial charge in [-0.2, -0.15) is 0 Å². The minimum atomic E-state index is -0.813.